The number of hydrogen-bond donors (Lipinski definition) is 1. The minimum absolute atomic E-state index is 0.0544. The summed E-state index contributed by atoms with van der Waals surface area (Å²) >= 11 is 0. The predicted molar refractivity (Wildman–Crippen MR) is 74.1 cm³/mol. The summed E-state index contributed by atoms with van der Waals surface area (Å²) in [5.41, 5.74) is 5.48. The Labute approximate surface area is 114 Å². The van der Waals surface area contributed by atoms with E-state index in [2.05, 4.69) is 16.9 Å². The smallest absolute Gasteiger partial charge is 0.244 e. The second-order valence-corrected chi connectivity index (χ2v) is 6.97. The molecule has 1 aliphatic rings. The van der Waals surface area contributed by atoms with Crippen molar-refractivity contribution in [3.8, 4) is 0 Å². The molecule has 0 radical (unpaired) electrons. The maximum absolute atomic E-state index is 12.5. The van der Waals surface area contributed by atoms with Crippen LogP contribution in [0, 0.1) is 0 Å². The number of hydrogen-bond acceptors (Lipinski definition) is 5. The summed E-state index contributed by atoms with van der Waals surface area (Å²) in [6.45, 7) is 1.84. The summed E-state index contributed by atoms with van der Waals surface area (Å²) < 4.78 is 26.4. The zero-order valence-corrected chi connectivity index (χ0v) is 12.1. The van der Waals surface area contributed by atoms with Gasteiger partial charge in [0.05, 0.1) is 0 Å². The molecular formula is C12H20N4O2S. The molecule has 7 heteroatoms. The van der Waals surface area contributed by atoms with Gasteiger partial charge in [0.15, 0.2) is 0 Å². The van der Waals surface area contributed by atoms with Gasteiger partial charge in [-0.1, -0.05) is 0 Å². The average molecular weight is 284 g/mol. The number of aromatic nitrogens is 1. The Morgan fingerprint density at radius 3 is 2.53 bits per heavy atom. The second-order valence-electron chi connectivity index (χ2n) is 4.97. The Morgan fingerprint density at radius 2 is 2.00 bits per heavy atom. The van der Waals surface area contributed by atoms with Crippen LogP contribution < -0.4 is 5.73 Å². The molecule has 19 heavy (non-hydrogen) atoms. The third-order valence-corrected chi connectivity index (χ3v) is 5.53. The molecule has 106 valence electrons. The Balaban J connectivity index is 2.17. The molecule has 1 fully saturated rings. The molecule has 0 amide bonds. The fraction of sp³-hybridized carbons (Fsp3) is 0.583. The van der Waals surface area contributed by atoms with E-state index < -0.39 is 10.0 Å². The number of pyridine rings is 1. The average Bonchev–Trinajstić information content (AvgIpc) is 2.39. The molecule has 2 heterocycles. The highest BCUT2D eigenvalue weighted by atomic mass is 32.2. The van der Waals surface area contributed by atoms with Crippen LogP contribution in [0.5, 0.6) is 0 Å². The molecule has 0 aromatic carbocycles. The number of rotatable bonds is 3. The van der Waals surface area contributed by atoms with E-state index in [1.807, 2.05) is 0 Å². The Hall–Kier alpha value is -1.18. The molecule has 0 bridgehead atoms. The van der Waals surface area contributed by atoms with Gasteiger partial charge in [0.25, 0.3) is 0 Å². The van der Waals surface area contributed by atoms with Crippen LogP contribution in [0.4, 0.5) is 5.82 Å². The quantitative estimate of drug-likeness (QED) is 0.868. The summed E-state index contributed by atoms with van der Waals surface area (Å²) in [4.78, 5) is 6.26. The fourth-order valence-electron chi connectivity index (χ4n) is 2.27. The number of anilines is 1. The lowest BCUT2D eigenvalue weighted by molar-refractivity contribution is 0.197. The third kappa shape index (κ3) is 3.05. The molecular weight excluding hydrogens is 264 g/mol. The van der Waals surface area contributed by atoms with Crippen LogP contribution in [0.2, 0.25) is 0 Å². The van der Waals surface area contributed by atoms with Gasteiger partial charge in [0.1, 0.15) is 10.7 Å². The number of likely N-dealkylation sites (tertiary alicyclic amines) is 1. The molecule has 2 N–H and O–H groups in total. The third-order valence-electron chi connectivity index (χ3n) is 3.64. The highest BCUT2D eigenvalue weighted by Crippen LogP contribution is 2.22. The number of nitrogens with two attached hydrogens (primary N) is 1. The lowest BCUT2D eigenvalue weighted by Gasteiger charge is -2.34. The van der Waals surface area contributed by atoms with Crippen molar-refractivity contribution >= 4 is 15.8 Å². The number of piperidine rings is 1. The van der Waals surface area contributed by atoms with E-state index in [9.17, 15) is 8.42 Å². The van der Waals surface area contributed by atoms with E-state index in [1.165, 1.54) is 22.6 Å². The highest BCUT2D eigenvalue weighted by molar-refractivity contribution is 7.89. The molecule has 2 rings (SSSR count). The van der Waals surface area contributed by atoms with Gasteiger partial charge in [0, 0.05) is 19.3 Å². The van der Waals surface area contributed by atoms with Crippen molar-refractivity contribution in [1.29, 1.82) is 0 Å². The molecule has 1 saturated heterocycles. The lowest BCUT2D eigenvalue weighted by Crippen LogP contribution is -2.44. The first-order valence-corrected chi connectivity index (χ1v) is 7.73. The van der Waals surface area contributed by atoms with Crippen LogP contribution >= 0.6 is 0 Å². The molecule has 0 unspecified atom stereocenters. The van der Waals surface area contributed by atoms with E-state index >= 15 is 0 Å². The molecule has 1 aromatic heterocycles. The van der Waals surface area contributed by atoms with Gasteiger partial charge in [-0.15, -0.1) is 0 Å². The maximum Gasteiger partial charge on any atom is 0.244 e. The van der Waals surface area contributed by atoms with Crippen molar-refractivity contribution in [1.82, 2.24) is 14.2 Å². The minimum Gasteiger partial charge on any atom is -0.384 e. The Bertz CT molecular complexity index is 521. The summed E-state index contributed by atoms with van der Waals surface area (Å²) in [6, 6.07) is 3.07. The van der Waals surface area contributed by atoms with Crippen LogP contribution in [0.25, 0.3) is 0 Å². The molecule has 0 aliphatic carbocycles. The normalized spacial score (nSPS) is 18.9. The molecule has 0 atom stereocenters. The largest absolute Gasteiger partial charge is 0.384 e. The summed E-state index contributed by atoms with van der Waals surface area (Å²) in [5, 5.41) is 0. The first-order chi connectivity index (χ1) is 8.91. The fourth-order valence-corrected chi connectivity index (χ4v) is 3.63. The van der Waals surface area contributed by atoms with E-state index in [-0.39, 0.29) is 10.9 Å². The van der Waals surface area contributed by atoms with Gasteiger partial charge in [-0.25, -0.2) is 13.4 Å². The van der Waals surface area contributed by atoms with Crippen molar-refractivity contribution in [3.05, 3.63) is 18.3 Å². The highest BCUT2D eigenvalue weighted by Gasteiger charge is 2.30. The van der Waals surface area contributed by atoms with Crippen LogP contribution in [-0.4, -0.2) is 55.8 Å². The van der Waals surface area contributed by atoms with Gasteiger partial charge in [-0.3, -0.25) is 0 Å². The molecule has 1 aliphatic heterocycles. The molecule has 0 saturated carbocycles. The van der Waals surface area contributed by atoms with Crippen molar-refractivity contribution < 1.29 is 8.42 Å². The Morgan fingerprint density at radius 1 is 1.37 bits per heavy atom. The van der Waals surface area contributed by atoms with Gasteiger partial charge >= 0.3 is 0 Å². The van der Waals surface area contributed by atoms with Crippen molar-refractivity contribution in [2.24, 2.45) is 0 Å². The summed E-state index contributed by atoms with van der Waals surface area (Å²) in [6.07, 6.45) is 3.03. The van der Waals surface area contributed by atoms with Gasteiger partial charge in [-0.2, -0.15) is 4.31 Å². The molecule has 0 spiro atoms. The first kappa shape index (κ1) is 14.2. The summed E-state index contributed by atoms with van der Waals surface area (Å²) in [7, 11) is 0.215. The van der Waals surface area contributed by atoms with E-state index in [4.69, 9.17) is 5.73 Å². The molecule has 6 nitrogen and oxygen atoms in total. The van der Waals surface area contributed by atoms with Gasteiger partial charge in [0.2, 0.25) is 10.0 Å². The van der Waals surface area contributed by atoms with Crippen LogP contribution in [0.1, 0.15) is 12.8 Å². The van der Waals surface area contributed by atoms with E-state index in [0.29, 0.717) is 5.82 Å². The zero-order valence-electron chi connectivity index (χ0n) is 11.3. The lowest BCUT2D eigenvalue weighted by atomic mass is 10.1. The number of nitrogens with zero attached hydrogens (tertiary/aromatic N) is 3. The zero-order chi connectivity index (χ0) is 14.0. The number of sulfonamides is 1. The van der Waals surface area contributed by atoms with Crippen molar-refractivity contribution in [3.63, 3.8) is 0 Å². The van der Waals surface area contributed by atoms with E-state index in [1.54, 1.807) is 7.05 Å². The van der Waals surface area contributed by atoms with Crippen LogP contribution in [-0.2, 0) is 10.0 Å². The van der Waals surface area contributed by atoms with Gasteiger partial charge in [-0.05, 0) is 45.1 Å². The number of nitrogen functional groups attached to an aromatic ring is 1. The van der Waals surface area contributed by atoms with Crippen molar-refractivity contribution in [2.45, 2.75) is 23.8 Å². The van der Waals surface area contributed by atoms with E-state index in [0.717, 1.165) is 25.9 Å². The SMILES string of the molecule is CN1CCC(N(C)S(=O)(=O)c2ccc(N)nc2)CC1. The van der Waals surface area contributed by atoms with Crippen LogP contribution in [0.3, 0.4) is 0 Å². The second kappa shape index (κ2) is 5.44. The van der Waals surface area contributed by atoms with Crippen LogP contribution in [0.15, 0.2) is 23.2 Å². The predicted octanol–water partition coefficient (Wildman–Crippen LogP) is 0.378. The first-order valence-electron chi connectivity index (χ1n) is 6.29. The molecule has 1 aromatic rings. The maximum atomic E-state index is 12.5. The topological polar surface area (TPSA) is 79.5 Å². The minimum atomic E-state index is -3.48. The standard InChI is InChI=1S/C12H20N4O2S/c1-15-7-5-10(6-8-15)16(2)19(17,18)11-3-4-12(13)14-9-11/h3-4,9-10H,5-8H2,1-2H3,(H2,13,14). The monoisotopic (exact) mass is 284 g/mol. The van der Waals surface area contributed by atoms with Gasteiger partial charge < -0.3 is 10.6 Å². The van der Waals surface area contributed by atoms with Crippen molar-refractivity contribution in [2.75, 3.05) is 32.9 Å². The Kier molecular flexibility index (Phi) is 4.07. The summed E-state index contributed by atoms with van der Waals surface area (Å²) in [5.74, 6) is 0.320.